The van der Waals surface area contributed by atoms with Gasteiger partial charge in [0.2, 0.25) is 0 Å². The van der Waals surface area contributed by atoms with Crippen LogP contribution in [0.3, 0.4) is 0 Å². The number of hydrogen-bond donors (Lipinski definition) is 0. The summed E-state index contributed by atoms with van der Waals surface area (Å²) in [6, 6.07) is 6.26. The van der Waals surface area contributed by atoms with E-state index in [1.807, 2.05) is 11.8 Å². The average molecular weight is 246 g/mol. The summed E-state index contributed by atoms with van der Waals surface area (Å²) in [6.07, 6.45) is 2.72. The van der Waals surface area contributed by atoms with E-state index in [1.165, 1.54) is 5.56 Å². The number of thioether (sulfide) groups is 1. The normalized spacial score (nSPS) is 32.1. The topological polar surface area (TPSA) is 26.3 Å². The molecule has 2 unspecified atom stereocenters. The van der Waals surface area contributed by atoms with Gasteiger partial charge in [-0.2, -0.15) is 11.8 Å². The molecule has 0 aromatic heterocycles. The van der Waals surface area contributed by atoms with Crippen molar-refractivity contribution in [1.29, 1.82) is 0 Å². The van der Waals surface area contributed by atoms with Crippen LogP contribution in [0.1, 0.15) is 17.5 Å². The van der Waals surface area contributed by atoms with Gasteiger partial charge in [-0.15, -0.1) is 0 Å². The number of carbonyl (C=O) groups excluding carboxylic acids is 1. The second-order valence-electron chi connectivity index (χ2n) is 5.30. The number of benzene rings is 1. The van der Waals surface area contributed by atoms with Crippen molar-refractivity contribution in [2.75, 3.05) is 12.4 Å². The summed E-state index contributed by atoms with van der Waals surface area (Å²) in [7, 11) is 0. The molecule has 88 valence electrons. The third-order valence-corrected chi connectivity index (χ3v) is 5.93. The Morgan fingerprint density at radius 1 is 1.53 bits per heavy atom. The van der Waals surface area contributed by atoms with Crippen molar-refractivity contribution >= 4 is 17.5 Å². The highest BCUT2D eigenvalue weighted by Crippen LogP contribution is 2.66. The van der Waals surface area contributed by atoms with Gasteiger partial charge in [0.15, 0.2) is 0 Å². The molecule has 1 aromatic rings. The molecule has 2 nitrogen and oxygen atoms in total. The summed E-state index contributed by atoms with van der Waals surface area (Å²) in [4.78, 5) is 12.2. The summed E-state index contributed by atoms with van der Waals surface area (Å²) in [6.45, 7) is 0.787. The van der Waals surface area contributed by atoms with Crippen LogP contribution in [0.15, 0.2) is 18.2 Å². The molecule has 3 aliphatic rings. The first-order chi connectivity index (χ1) is 8.28. The molecular formula is C14H14O2S. The van der Waals surface area contributed by atoms with Crippen molar-refractivity contribution in [2.45, 2.75) is 24.5 Å². The Labute approximate surface area is 105 Å². The van der Waals surface area contributed by atoms with Crippen molar-refractivity contribution in [1.82, 2.24) is 0 Å². The molecule has 0 spiro atoms. The van der Waals surface area contributed by atoms with Crippen LogP contribution >= 0.6 is 11.8 Å². The van der Waals surface area contributed by atoms with Crippen molar-refractivity contribution in [3.63, 3.8) is 0 Å². The van der Waals surface area contributed by atoms with Crippen molar-refractivity contribution < 1.29 is 9.53 Å². The van der Waals surface area contributed by atoms with Crippen LogP contribution in [0, 0.1) is 5.41 Å². The van der Waals surface area contributed by atoms with Gasteiger partial charge >= 0.3 is 0 Å². The predicted molar refractivity (Wildman–Crippen MR) is 67.6 cm³/mol. The van der Waals surface area contributed by atoms with Gasteiger partial charge in [-0.1, -0.05) is 12.1 Å². The Bertz CT molecular complexity index is 507. The minimum atomic E-state index is 0.0878. The predicted octanol–water partition coefficient (Wildman–Crippen LogP) is 2.24. The summed E-state index contributed by atoms with van der Waals surface area (Å²) in [5.41, 5.74) is 2.49. The largest absolute Gasteiger partial charge is 0.493 e. The number of ether oxygens (including phenoxy) is 1. The van der Waals surface area contributed by atoms with Crippen LogP contribution in [0.4, 0.5) is 0 Å². The van der Waals surface area contributed by atoms with E-state index in [9.17, 15) is 4.79 Å². The highest BCUT2D eigenvalue weighted by molar-refractivity contribution is 8.02. The minimum absolute atomic E-state index is 0.0878. The third-order valence-electron chi connectivity index (χ3n) is 4.23. The number of hydrogen-bond acceptors (Lipinski definition) is 3. The van der Waals surface area contributed by atoms with Crippen LogP contribution in [0.2, 0.25) is 0 Å². The Morgan fingerprint density at radius 2 is 2.47 bits per heavy atom. The maximum absolute atomic E-state index is 12.2. The zero-order chi connectivity index (χ0) is 11.5. The molecule has 2 heterocycles. The average Bonchev–Trinajstić information content (AvgIpc) is 2.70. The Hall–Kier alpha value is -0.960. The standard InChI is InChI=1S/C14H14O2S/c15-12(14-7-13(14)17-8-14)6-9-1-2-10-3-4-16-11(10)5-9/h1-2,5,13H,3-4,6-8H2. The van der Waals surface area contributed by atoms with Crippen LogP contribution in [-0.4, -0.2) is 23.4 Å². The number of rotatable bonds is 3. The summed E-state index contributed by atoms with van der Waals surface area (Å²) in [5, 5.41) is 0.653. The Kier molecular flexibility index (Phi) is 1.93. The molecule has 1 saturated carbocycles. The molecule has 1 aliphatic carbocycles. The second-order valence-corrected chi connectivity index (χ2v) is 6.49. The van der Waals surface area contributed by atoms with Gasteiger partial charge in [0.25, 0.3) is 0 Å². The first kappa shape index (κ1) is 10.0. The van der Waals surface area contributed by atoms with E-state index in [0.717, 1.165) is 36.5 Å². The minimum Gasteiger partial charge on any atom is -0.493 e. The van der Waals surface area contributed by atoms with E-state index in [4.69, 9.17) is 4.74 Å². The van der Waals surface area contributed by atoms with Gasteiger partial charge in [-0.25, -0.2) is 0 Å². The van der Waals surface area contributed by atoms with E-state index in [1.54, 1.807) is 0 Å². The molecule has 2 atom stereocenters. The van der Waals surface area contributed by atoms with Gasteiger partial charge < -0.3 is 4.74 Å². The Balaban J connectivity index is 1.54. The molecule has 4 rings (SSSR count). The fourth-order valence-corrected chi connectivity index (χ4v) is 4.48. The SMILES string of the molecule is O=C(Cc1ccc2c(c1)OCC2)C12CSC1C2. The molecular weight excluding hydrogens is 232 g/mol. The molecule has 0 radical (unpaired) electrons. The molecule has 0 bridgehead atoms. The summed E-state index contributed by atoms with van der Waals surface area (Å²) in [5.74, 6) is 2.49. The Morgan fingerprint density at radius 3 is 3.18 bits per heavy atom. The molecule has 1 saturated heterocycles. The number of Topliss-reactive ketones (excluding diaryl/α,β-unsaturated/α-hetero) is 1. The van der Waals surface area contributed by atoms with Gasteiger partial charge in [0.05, 0.1) is 12.0 Å². The molecule has 2 fully saturated rings. The lowest BCUT2D eigenvalue weighted by Crippen LogP contribution is -2.30. The second kappa shape index (κ2) is 3.29. The molecule has 0 amide bonds. The van der Waals surface area contributed by atoms with Crippen LogP contribution in [-0.2, 0) is 17.6 Å². The maximum Gasteiger partial charge on any atom is 0.145 e. The van der Waals surface area contributed by atoms with E-state index >= 15 is 0 Å². The zero-order valence-corrected chi connectivity index (χ0v) is 10.4. The summed E-state index contributed by atoms with van der Waals surface area (Å²) >= 11 is 1.95. The van der Waals surface area contributed by atoms with E-state index in [2.05, 4.69) is 18.2 Å². The molecule has 17 heavy (non-hydrogen) atoms. The van der Waals surface area contributed by atoms with Gasteiger partial charge in [-0.05, 0) is 23.6 Å². The van der Waals surface area contributed by atoms with E-state index < -0.39 is 0 Å². The van der Waals surface area contributed by atoms with E-state index in [-0.39, 0.29) is 5.41 Å². The maximum atomic E-state index is 12.2. The third kappa shape index (κ3) is 1.38. The summed E-state index contributed by atoms with van der Waals surface area (Å²) < 4.78 is 5.54. The fraction of sp³-hybridized carbons (Fsp3) is 0.500. The van der Waals surface area contributed by atoms with Crippen molar-refractivity contribution in [3.05, 3.63) is 29.3 Å². The first-order valence-corrected chi connectivity index (χ1v) is 7.22. The lowest BCUT2D eigenvalue weighted by molar-refractivity contribution is -0.122. The highest BCUT2D eigenvalue weighted by Gasteiger charge is 2.66. The molecule has 2 aliphatic heterocycles. The fourth-order valence-electron chi connectivity index (χ4n) is 2.85. The van der Waals surface area contributed by atoms with Crippen LogP contribution in [0.25, 0.3) is 0 Å². The molecule has 1 aromatic carbocycles. The van der Waals surface area contributed by atoms with Crippen LogP contribution in [0.5, 0.6) is 5.75 Å². The first-order valence-electron chi connectivity index (χ1n) is 6.17. The number of ketones is 1. The van der Waals surface area contributed by atoms with Gasteiger partial charge in [-0.3, -0.25) is 4.79 Å². The molecule has 0 N–H and O–H groups in total. The number of carbonyl (C=O) groups is 1. The van der Waals surface area contributed by atoms with Crippen LogP contribution < -0.4 is 4.74 Å². The molecule has 3 heteroatoms. The smallest absolute Gasteiger partial charge is 0.145 e. The highest BCUT2D eigenvalue weighted by atomic mass is 32.2. The van der Waals surface area contributed by atoms with Crippen molar-refractivity contribution in [3.8, 4) is 5.75 Å². The van der Waals surface area contributed by atoms with Crippen molar-refractivity contribution in [2.24, 2.45) is 5.41 Å². The lowest BCUT2D eigenvalue weighted by atomic mass is 9.95. The zero-order valence-electron chi connectivity index (χ0n) is 9.57. The number of fused-ring (bicyclic) bond motifs is 2. The van der Waals surface area contributed by atoms with Gasteiger partial charge in [0, 0.05) is 23.8 Å². The lowest BCUT2D eigenvalue weighted by Gasteiger charge is -2.23. The quantitative estimate of drug-likeness (QED) is 0.818. The van der Waals surface area contributed by atoms with E-state index in [0.29, 0.717) is 17.5 Å². The van der Waals surface area contributed by atoms with Gasteiger partial charge in [0.1, 0.15) is 11.5 Å². The monoisotopic (exact) mass is 246 g/mol.